The third-order valence-electron chi connectivity index (χ3n) is 3.80. The number of anilines is 1. The second-order valence-electron chi connectivity index (χ2n) is 5.99. The van der Waals surface area contributed by atoms with Crippen LogP contribution in [0, 0.1) is 6.92 Å². The summed E-state index contributed by atoms with van der Waals surface area (Å²) in [7, 11) is 1.48. The molecule has 0 saturated heterocycles. The molecule has 0 aliphatic heterocycles. The van der Waals surface area contributed by atoms with E-state index in [1.165, 1.54) is 7.11 Å². The first-order valence-electron chi connectivity index (χ1n) is 8.32. The minimum Gasteiger partial charge on any atom is -0.481 e. The van der Waals surface area contributed by atoms with Crippen molar-refractivity contribution in [2.75, 3.05) is 12.4 Å². The van der Waals surface area contributed by atoms with Crippen molar-refractivity contribution in [2.45, 2.75) is 32.2 Å². The van der Waals surface area contributed by atoms with Crippen LogP contribution in [0.2, 0.25) is 0 Å². The van der Waals surface area contributed by atoms with E-state index in [4.69, 9.17) is 9.84 Å². The summed E-state index contributed by atoms with van der Waals surface area (Å²) in [4.78, 5) is 27.4. The van der Waals surface area contributed by atoms with Gasteiger partial charge in [-0.05, 0) is 37.0 Å². The van der Waals surface area contributed by atoms with Gasteiger partial charge < -0.3 is 20.5 Å². The molecule has 138 valence electrons. The molecular formula is C19H23N3O4. The first-order chi connectivity index (χ1) is 12.5. The van der Waals surface area contributed by atoms with Crippen LogP contribution in [0.3, 0.4) is 0 Å². The van der Waals surface area contributed by atoms with E-state index in [2.05, 4.69) is 15.6 Å². The van der Waals surface area contributed by atoms with Crippen molar-refractivity contribution in [3.05, 3.63) is 53.7 Å². The molecule has 2 rings (SSSR count). The van der Waals surface area contributed by atoms with Crippen LogP contribution in [0.4, 0.5) is 10.5 Å². The van der Waals surface area contributed by atoms with Gasteiger partial charge in [0.05, 0.1) is 7.11 Å². The highest BCUT2D eigenvalue weighted by Crippen LogP contribution is 2.22. The van der Waals surface area contributed by atoms with Crippen LogP contribution in [0.1, 0.15) is 24.0 Å². The summed E-state index contributed by atoms with van der Waals surface area (Å²) in [6.07, 6.45) is 2.51. The molecular weight excluding hydrogens is 334 g/mol. The molecule has 0 aliphatic rings. The third-order valence-corrected chi connectivity index (χ3v) is 3.80. The van der Waals surface area contributed by atoms with Gasteiger partial charge in [0.25, 0.3) is 0 Å². The Morgan fingerprint density at radius 3 is 2.65 bits per heavy atom. The fraction of sp³-hybridized carbons (Fsp3) is 0.316. The van der Waals surface area contributed by atoms with Crippen molar-refractivity contribution in [1.29, 1.82) is 0 Å². The van der Waals surface area contributed by atoms with Crippen LogP contribution < -0.4 is 15.4 Å². The predicted molar refractivity (Wildman–Crippen MR) is 98.5 cm³/mol. The molecule has 0 bridgehead atoms. The van der Waals surface area contributed by atoms with Gasteiger partial charge in [-0.1, -0.05) is 30.3 Å². The maximum absolute atomic E-state index is 12.4. The molecule has 1 heterocycles. The lowest BCUT2D eigenvalue weighted by Crippen LogP contribution is -2.39. The van der Waals surface area contributed by atoms with Crippen molar-refractivity contribution in [3.8, 4) is 5.88 Å². The number of benzene rings is 1. The number of carboxylic acids is 1. The highest BCUT2D eigenvalue weighted by molar-refractivity contribution is 5.90. The van der Waals surface area contributed by atoms with Gasteiger partial charge in [0, 0.05) is 18.7 Å². The Balaban J connectivity index is 2.05. The van der Waals surface area contributed by atoms with E-state index >= 15 is 0 Å². The number of ether oxygens (including phenoxy) is 1. The summed E-state index contributed by atoms with van der Waals surface area (Å²) < 4.78 is 5.15. The van der Waals surface area contributed by atoms with Gasteiger partial charge in [-0.3, -0.25) is 4.79 Å². The number of rotatable bonds is 8. The zero-order valence-corrected chi connectivity index (χ0v) is 14.9. The maximum atomic E-state index is 12.4. The summed E-state index contributed by atoms with van der Waals surface area (Å²) in [5.41, 5.74) is 2.37. The predicted octanol–water partition coefficient (Wildman–Crippen LogP) is 3.00. The maximum Gasteiger partial charge on any atom is 0.319 e. The molecule has 3 N–H and O–H groups in total. The van der Waals surface area contributed by atoms with E-state index in [0.717, 1.165) is 11.1 Å². The fourth-order valence-electron chi connectivity index (χ4n) is 2.57. The molecule has 1 aromatic carbocycles. The highest BCUT2D eigenvalue weighted by Gasteiger charge is 2.16. The number of aromatic nitrogens is 1. The molecule has 0 spiro atoms. The van der Waals surface area contributed by atoms with Gasteiger partial charge in [0.2, 0.25) is 5.88 Å². The van der Waals surface area contributed by atoms with Gasteiger partial charge in [-0.25, -0.2) is 9.78 Å². The van der Waals surface area contributed by atoms with Crippen LogP contribution in [0.15, 0.2) is 42.6 Å². The van der Waals surface area contributed by atoms with Gasteiger partial charge in [-0.2, -0.15) is 0 Å². The quantitative estimate of drug-likeness (QED) is 0.674. The summed E-state index contributed by atoms with van der Waals surface area (Å²) in [5.74, 6) is -0.578. The number of aryl methyl sites for hydroxylation is 1. The molecule has 1 unspecified atom stereocenters. The van der Waals surface area contributed by atoms with E-state index in [-0.39, 0.29) is 12.5 Å². The monoisotopic (exact) mass is 357 g/mol. The Labute approximate surface area is 152 Å². The molecule has 7 nitrogen and oxygen atoms in total. The number of urea groups is 1. The van der Waals surface area contributed by atoms with Gasteiger partial charge in [-0.15, -0.1) is 0 Å². The topological polar surface area (TPSA) is 101 Å². The fourth-order valence-corrected chi connectivity index (χ4v) is 2.57. The average Bonchev–Trinajstić information content (AvgIpc) is 2.60. The first-order valence-corrected chi connectivity index (χ1v) is 8.32. The average molecular weight is 357 g/mol. The Kier molecular flexibility index (Phi) is 6.96. The summed E-state index contributed by atoms with van der Waals surface area (Å²) >= 11 is 0. The Bertz CT molecular complexity index is 750. The van der Waals surface area contributed by atoms with Crippen molar-refractivity contribution < 1.29 is 19.4 Å². The number of methoxy groups -OCH3 is 1. The molecule has 0 aliphatic carbocycles. The molecule has 1 aromatic heterocycles. The van der Waals surface area contributed by atoms with E-state index in [9.17, 15) is 9.59 Å². The lowest BCUT2D eigenvalue weighted by molar-refractivity contribution is -0.137. The van der Waals surface area contributed by atoms with Crippen molar-refractivity contribution in [3.63, 3.8) is 0 Å². The normalized spacial score (nSPS) is 11.5. The number of nitrogens with zero attached hydrogens (tertiary/aromatic N) is 1. The number of hydrogen-bond donors (Lipinski definition) is 3. The number of aliphatic carboxylic acids is 1. The minimum absolute atomic E-state index is 0.0207. The van der Waals surface area contributed by atoms with E-state index < -0.39 is 12.0 Å². The Hall–Kier alpha value is -3.09. The zero-order valence-electron chi connectivity index (χ0n) is 14.9. The lowest BCUT2D eigenvalue weighted by atomic mass is 10.0. The largest absolute Gasteiger partial charge is 0.481 e. The molecule has 2 amide bonds. The van der Waals surface area contributed by atoms with Gasteiger partial charge >= 0.3 is 12.0 Å². The molecule has 0 saturated carbocycles. The Morgan fingerprint density at radius 1 is 1.27 bits per heavy atom. The summed E-state index contributed by atoms with van der Waals surface area (Å²) in [5, 5.41) is 14.5. The highest BCUT2D eigenvalue weighted by atomic mass is 16.5. The number of carboxylic acid groups (broad SMARTS) is 1. The van der Waals surface area contributed by atoms with Crippen molar-refractivity contribution in [1.82, 2.24) is 10.3 Å². The van der Waals surface area contributed by atoms with E-state index in [1.807, 2.05) is 37.3 Å². The Morgan fingerprint density at radius 2 is 2.00 bits per heavy atom. The minimum atomic E-state index is -0.894. The lowest BCUT2D eigenvalue weighted by Gasteiger charge is -2.19. The molecule has 2 aromatic rings. The van der Waals surface area contributed by atoms with E-state index in [1.54, 1.807) is 12.3 Å². The molecule has 26 heavy (non-hydrogen) atoms. The number of carbonyl (C=O) groups excluding carboxylic acids is 1. The second kappa shape index (κ2) is 9.41. The van der Waals surface area contributed by atoms with Crippen LogP contribution in [-0.4, -0.2) is 35.2 Å². The van der Waals surface area contributed by atoms with Crippen molar-refractivity contribution in [2.24, 2.45) is 0 Å². The van der Waals surface area contributed by atoms with Gasteiger partial charge in [0.1, 0.15) is 5.69 Å². The van der Waals surface area contributed by atoms with Crippen LogP contribution in [0.25, 0.3) is 0 Å². The smallest absolute Gasteiger partial charge is 0.319 e. The summed E-state index contributed by atoms with van der Waals surface area (Å²) in [6, 6.07) is 10.6. The molecule has 0 fully saturated rings. The van der Waals surface area contributed by atoms with Crippen LogP contribution in [-0.2, 0) is 11.2 Å². The number of pyridine rings is 1. The van der Waals surface area contributed by atoms with Crippen molar-refractivity contribution >= 4 is 17.7 Å². The van der Waals surface area contributed by atoms with Crippen LogP contribution in [0.5, 0.6) is 5.88 Å². The molecule has 7 heteroatoms. The first kappa shape index (κ1) is 19.2. The summed E-state index contributed by atoms with van der Waals surface area (Å²) in [6.45, 7) is 1.86. The number of nitrogens with one attached hydrogen (secondary N) is 2. The molecule has 1 atom stereocenters. The third kappa shape index (κ3) is 6.08. The van der Waals surface area contributed by atoms with E-state index in [0.29, 0.717) is 24.4 Å². The second-order valence-corrected chi connectivity index (χ2v) is 5.99. The molecule has 0 radical (unpaired) electrons. The zero-order chi connectivity index (χ0) is 18.9. The number of carbonyl (C=O) groups is 2. The number of hydrogen-bond acceptors (Lipinski definition) is 4. The van der Waals surface area contributed by atoms with Gasteiger partial charge in [0.15, 0.2) is 0 Å². The SMILES string of the molecule is COc1ncc(C)cc1NC(=O)NC(CCC(=O)O)Cc1ccccc1. The number of amides is 2. The standard InChI is InChI=1S/C19H23N3O4/c1-13-10-16(18(26-2)20-12-13)22-19(25)21-15(8-9-17(23)24)11-14-6-4-3-5-7-14/h3-7,10,12,15H,8-9,11H2,1-2H3,(H,23,24)(H2,21,22,25). The van der Waals surface area contributed by atoms with Crippen LogP contribution >= 0.6 is 0 Å².